The third-order valence-corrected chi connectivity index (χ3v) is 4.48. The summed E-state index contributed by atoms with van der Waals surface area (Å²) in [7, 11) is 0. The van der Waals surface area contributed by atoms with Crippen LogP contribution in [0.5, 0.6) is 0 Å². The number of nitrogens with zero attached hydrogens (tertiary/aromatic N) is 2. The van der Waals surface area contributed by atoms with Crippen molar-refractivity contribution in [1.82, 2.24) is 15.1 Å². The van der Waals surface area contributed by atoms with Crippen LogP contribution in [-0.2, 0) is 17.4 Å². The van der Waals surface area contributed by atoms with E-state index in [2.05, 4.69) is 10.2 Å². The average Bonchev–Trinajstić information content (AvgIpc) is 2.40. The molecule has 2 aliphatic rings. The van der Waals surface area contributed by atoms with Crippen LogP contribution in [0.3, 0.4) is 0 Å². The molecule has 1 saturated heterocycles. The molecule has 1 heterocycles. The summed E-state index contributed by atoms with van der Waals surface area (Å²) in [6.07, 6.45) is 6.10. The monoisotopic (exact) mass is 323 g/mol. The van der Waals surface area contributed by atoms with Crippen LogP contribution in [0.15, 0.2) is 0 Å². The topological polar surface area (TPSA) is 35.6 Å². The first-order valence-electron chi connectivity index (χ1n) is 7.13. The maximum absolute atomic E-state index is 12.0. The fourth-order valence-electron chi connectivity index (χ4n) is 2.81. The minimum atomic E-state index is 0. The molecular formula is C13H22N3NaOS2. The summed E-state index contributed by atoms with van der Waals surface area (Å²) in [5.74, 6) is 0.168. The van der Waals surface area contributed by atoms with E-state index in [4.69, 9.17) is 24.8 Å². The van der Waals surface area contributed by atoms with Gasteiger partial charge in [0, 0.05) is 32.2 Å². The van der Waals surface area contributed by atoms with Crippen LogP contribution < -0.4 is 34.9 Å². The molecule has 0 aromatic carbocycles. The maximum Gasteiger partial charge on any atom is 1.00 e. The average molecular weight is 323 g/mol. The third-order valence-electron chi connectivity index (χ3n) is 3.97. The largest absolute Gasteiger partial charge is 1.00 e. The molecule has 20 heavy (non-hydrogen) atoms. The van der Waals surface area contributed by atoms with Crippen molar-refractivity contribution in [2.45, 2.75) is 38.1 Å². The first-order valence-corrected chi connectivity index (χ1v) is 7.94. The van der Waals surface area contributed by atoms with Crippen LogP contribution in [0.4, 0.5) is 0 Å². The Morgan fingerprint density at radius 2 is 1.75 bits per heavy atom. The number of hydrogen-bond acceptors (Lipinski definition) is 4. The number of thiocarbonyl (C=S) groups is 1. The molecule has 0 spiro atoms. The molecule has 0 bridgehead atoms. The molecule has 7 heteroatoms. The smallest absolute Gasteiger partial charge is 0.411 e. The first kappa shape index (κ1) is 18.6. The summed E-state index contributed by atoms with van der Waals surface area (Å²) < 4.78 is 0.548. The van der Waals surface area contributed by atoms with Crippen molar-refractivity contribution in [3.05, 3.63) is 0 Å². The van der Waals surface area contributed by atoms with Gasteiger partial charge in [-0.1, -0.05) is 23.6 Å². The maximum atomic E-state index is 12.0. The zero-order valence-corrected chi connectivity index (χ0v) is 15.9. The fourth-order valence-corrected chi connectivity index (χ4v) is 3.18. The molecule has 108 valence electrons. The van der Waals surface area contributed by atoms with Crippen LogP contribution in [0.25, 0.3) is 0 Å². The van der Waals surface area contributed by atoms with Crippen molar-refractivity contribution in [3.63, 3.8) is 0 Å². The quantitative estimate of drug-likeness (QED) is 0.365. The van der Waals surface area contributed by atoms with Crippen LogP contribution in [-0.4, -0.2) is 58.8 Å². The Kier molecular flexibility index (Phi) is 8.86. The predicted molar refractivity (Wildman–Crippen MR) is 83.0 cm³/mol. The Morgan fingerprint density at radius 3 is 2.30 bits per heavy atom. The van der Waals surface area contributed by atoms with Gasteiger partial charge in [0.15, 0.2) is 0 Å². The van der Waals surface area contributed by atoms with Crippen molar-refractivity contribution < 1.29 is 34.4 Å². The molecule has 1 aliphatic carbocycles. The molecule has 2 fully saturated rings. The molecule has 0 radical (unpaired) electrons. The van der Waals surface area contributed by atoms with Crippen LogP contribution >= 0.6 is 12.2 Å². The Balaban J connectivity index is 0.00000200. The van der Waals surface area contributed by atoms with Gasteiger partial charge in [-0.15, -0.1) is 0 Å². The molecule has 1 aliphatic heterocycles. The number of carbonyl (C=O) groups is 1. The van der Waals surface area contributed by atoms with Crippen LogP contribution in [0.1, 0.15) is 32.1 Å². The molecule has 1 saturated carbocycles. The second kappa shape index (κ2) is 9.54. The summed E-state index contributed by atoms with van der Waals surface area (Å²) in [5, 5.41) is 3.16. The summed E-state index contributed by atoms with van der Waals surface area (Å²) in [6.45, 7) is 3.94. The van der Waals surface area contributed by atoms with E-state index in [-0.39, 0.29) is 35.5 Å². The number of rotatable bonds is 3. The van der Waals surface area contributed by atoms with Gasteiger partial charge in [0.2, 0.25) is 5.91 Å². The van der Waals surface area contributed by atoms with Gasteiger partial charge in [-0.05, 0) is 12.8 Å². The molecule has 0 aromatic rings. The number of hydrogen-bond donors (Lipinski definition) is 1. The van der Waals surface area contributed by atoms with Crippen LogP contribution in [0.2, 0.25) is 0 Å². The van der Waals surface area contributed by atoms with Gasteiger partial charge in [-0.25, -0.2) is 0 Å². The normalized spacial score (nSPS) is 21.1. The number of carbonyl (C=O) groups excluding carboxylic acids is 1. The predicted octanol–water partition coefficient (Wildman–Crippen LogP) is -2.11. The van der Waals surface area contributed by atoms with E-state index in [0.29, 0.717) is 16.9 Å². The first-order chi connectivity index (χ1) is 9.15. The number of piperazine rings is 1. The van der Waals surface area contributed by atoms with E-state index in [1.54, 1.807) is 0 Å². The zero-order valence-electron chi connectivity index (χ0n) is 12.3. The molecular weight excluding hydrogens is 301 g/mol. The van der Waals surface area contributed by atoms with E-state index >= 15 is 0 Å². The van der Waals surface area contributed by atoms with Gasteiger partial charge in [0.1, 0.15) is 0 Å². The van der Waals surface area contributed by atoms with Crippen molar-refractivity contribution in [3.8, 4) is 0 Å². The summed E-state index contributed by atoms with van der Waals surface area (Å²) >= 11 is 9.99. The number of amides is 1. The van der Waals surface area contributed by atoms with Gasteiger partial charge >= 0.3 is 29.6 Å². The van der Waals surface area contributed by atoms with Gasteiger partial charge < -0.3 is 35.1 Å². The Hall–Kier alpha value is 0.540. The third kappa shape index (κ3) is 6.12. The Labute approximate surface area is 154 Å². The second-order valence-corrected chi connectivity index (χ2v) is 6.46. The van der Waals surface area contributed by atoms with E-state index in [9.17, 15) is 4.79 Å². The van der Waals surface area contributed by atoms with Crippen molar-refractivity contribution >= 4 is 35.1 Å². The van der Waals surface area contributed by atoms with Gasteiger partial charge in [0.25, 0.3) is 0 Å². The van der Waals surface area contributed by atoms with E-state index < -0.39 is 0 Å². The zero-order chi connectivity index (χ0) is 13.7. The standard InChI is InChI=1S/C13H23N3OS2.Na/c17-12(14-11-4-2-1-3-5-11)10-15-6-8-16(9-7-15)13(18)19;/h11H,1-10H2,(H,14,17)(H,18,19);/q;+1/p-1. The van der Waals surface area contributed by atoms with Gasteiger partial charge in [0.05, 0.1) is 6.54 Å². The summed E-state index contributed by atoms with van der Waals surface area (Å²) in [4.78, 5) is 16.2. The SMILES string of the molecule is O=C(CN1CCN(C(=S)[S-])CC1)NC1CCCCC1.[Na+]. The molecule has 1 amide bonds. The van der Waals surface area contributed by atoms with E-state index in [1.165, 1.54) is 19.3 Å². The van der Waals surface area contributed by atoms with Gasteiger partial charge in [-0.2, -0.15) is 0 Å². The molecule has 2 rings (SSSR count). The fraction of sp³-hybridized carbons (Fsp3) is 0.846. The molecule has 4 nitrogen and oxygen atoms in total. The van der Waals surface area contributed by atoms with Crippen molar-refractivity contribution in [2.24, 2.45) is 0 Å². The minimum Gasteiger partial charge on any atom is -0.411 e. The minimum absolute atomic E-state index is 0. The van der Waals surface area contributed by atoms with Crippen LogP contribution in [0, 0.1) is 0 Å². The van der Waals surface area contributed by atoms with E-state index in [0.717, 1.165) is 39.0 Å². The molecule has 1 N–H and O–H groups in total. The van der Waals surface area contributed by atoms with E-state index in [1.807, 2.05) is 4.90 Å². The summed E-state index contributed by atoms with van der Waals surface area (Å²) in [5.41, 5.74) is 0. The Morgan fingerprint density at radius 1 is 1.15 bits per heavy atom. The van der Waals surface area contributed by atoms with Crippen molar-refractivity contribution in [1.29, 1.82) is 0 Å². The van der Waals surface area contributed by atoms with Gasteiger partial charge in [-0.3, -0.25) is 9.69 Å². The van der Waals surface area contributed by atoms with Crippen molar-refractivity contribution in [2.75, 3.05) is 32.7 Å². The Bertz CT molecular complexity index is 330. The second-order valence-electron chi connectivity index (χ2n) is 5.43. The summed E-state index contributed by atoms with van der Waals surface area (Å²) in [6, 6.07) is 0.405. The molecule has 0 atom stereocenters. The number of nitrogens with one attached hydrogen (secondary N) is 1. The molecule has 0 aromatic heterocycles. The molecule has 0 unspecified atom stereocenters.